The second-order valence-corrected chi connectivity index (χ2v) is 3.65. The molecule has 0 spiro atoms. The molecule has 0 aliphatic rings. The summed E-state index contributed by atoms with van der Waals surface area (Å²) in [4.78, 5) is 3.17. The van der Waals surface area contributed by atoms with Crippen molar-refractivity contribution < 1.29 is 9.47 Å². The van der Waals surface area contributed by atoms with Gasteiger partial charge in [-0.3, -0.25) is 0 Å². The van der Waals surface area contributed by atoms with Gasteiger partial charge in [-0.2, -0.15) is 0 Å². The smallest absolute Gasteiger partial charge is 0.161 e. The van der Waals surface area contributed by atoms with Gasteiger partial charge in [-0.15, -0.1) is 0 Å². The van der Waals surface area contributed by atoms with Crippen molar-refractivity contribution in [3.8, 4) is 22.8 Å². The van der Waals surface area contributed by atoms with Gasteiger partial charge in [-0.05, 0) is 29.8 Å². The Labute approximate surface area is 100 Å². The molecule has 90 valence electrons. The van der Waals surface area contributed by atoms with E-state index in [1.807, 2.05) is 30.5 Å². The lowest BCUT2D eigenvalue weighted by Gasteiger charge is -2.13. The van der Waals surface area contributed by atoms with Crippen LogP contribution in [0, 0.1) is 0 Å². The molecule has 0 saturated heterocycles. The first-order valence-corrected chi connectivity index (χ1v) is 5.39. The van der Waals surface area contributed by atoms with E-state index >= 15 is 0 Å². The van der Waals surface area contributed by atoms with Crippen LogP contribution in [0.3, 0.4) is 0 Å². The molecule has 0 amide bonds. The first-order chi connectivity index (χ1) is 8.30. The van der Waals surface area contributed by atoms with Crippen molar-refractivity contribution in [2.45, 2.75) is 6.54 Å². The van der Waals surface area contributed by atoms with Gasteiger partial charge in [-0.25, -0.2) is 0 Å². The Hall–Kier alpha value is -1.94. The Morgan fingerprint density at radius 1 is 1.18 bits per heavy atom. The maximum Gasteiger partial charge on any atom is 0.161 e. The fourth-order valence-electron chi connectivity index (χ4n) is 1.84. The molecule has 2 rings (SSSR count). The molecule has 4 heteroatoms. The molecule has 1 aromatic carbocycles. The number of methoxy groups -OCH3 is 2. The zero-order valence-electron chi connectivity index (χ0n) is 9.99. The van der Waals surface area contributed by atoms with Gasteiger partial charge in [0.2, 0.25) is 0 Å². The number of benzene rings is 1. The lowest BCUT2D eigenvalue weighted by molar-refractivity contribution is 0.354. The second-order valence-electron chi connectivity index (χ2n) is 3.65. The molecule has 0 aliphatic heterocycles. The van der Waals surface area contributed by atoms with E-state index in [0.29, 0.717) is 18.0 Å². The third-order valence-electron chi connectivity index (χ3n) is 2.72. The van der Waals surface area contributed by atoms with E-state index in [9.17, 15) is 0 Å². The Bertz CT molecular complexity index is 492. The highest BCUT2D eigenvalue weighted by Crippen LogP contribution is 2.34. The van der Waals surface area contributed by atoms with Crippen molar-refractivity contribution in [1.29, 1.82) is 0 Å². The van der Waals surface area contributed by atoms with Crippen molar-refractivity contribution in [1.82, 2.24) is 4.98 Å². The van der Waals surface area contributed by atoms with Gasteiger partial charge in [0.25, 0.3) is 0 Å². The van der Waals surface area contributed by atoms with Crippen LogP contribution in [-0.2, 0) is 6.54 Å². The number of hydrogen-bond donors (Lipinski definition) is 2. The Kier molecular flexibility index (Phi) is 3.35. The summed E-state index contributed by atoms with van der Waals surface area (Å²) in [6.45, 7) is 0.453. The third-order valence-corrected chi connectivity index (χ3v) is 2.72. The first kappa shape index (κ1) is 11.5. The quantitative estimate of drug-likeness (QED) is 0.849. The fourth-order valence-corrected chi connectivity index (χ4v) is 1.84. The summed E-state index contributed by atoms with van der Waals surface area (Å²) in [5.41, 5.74) is 8.84. The van der Waals surface area contributed by atoms with Crippen molar-refractivity contribution in [3.05, 3.63) is 36.0 Å². The number of ether oxygens (including phenoxy) is 2. The molecule has 17 heavy (non-hydrogen) atoms. The van der Waals surface area contributed by atoms with Crippen LogP contribution in [-0.4, -0.2) is 19.2 Å². The molecule has 1 heterocycles. The second kappa shape index (κ2) is 4.93. The highest BCUT2D eigenvalue weighted by Gasteiger charge is 2.11. The average Bonchev–Trinajstić information content (AvgIpc) is 2.90. The number of rotatable bonds is 4. The van der Waals surface area contributed by atoms with Crippen molar-refractivity contribution in [2.24, 2.45) is 5.73 Å². The molecule has 2 aromatic rings. The molecule has 0 aliphatic carbocycles. The third kappa shape index (κ3) is 2.12. The van der Waals surface area contributed by atoms with Gasteiger partial charge in [0.1, 0.15) is 0 Å². The minimum absolute atomic E-state index is 0.453. The lowest BCUT2D eigenvalue weighted by atomic mass is 10.0. The Balaban J connectivity index is 2.58. The van der Waals surface area contributed by atoms with Gasteiger partial charge >= 0.3 is 0 Å². The van der Waals surface area contributed by atoms with Crippen molar-refractivity contribution >= 4 is 0 Å². The number of aromatic amines is 1. The molecule has 3 N–H and O–H groups in total. The maximum absolute atomic E-state index is 5.76. The summed E-state index contributed by atoms with van der Waals surface area (Å²) in [7, 11) is 3.24. The summed E-state index contributed by atoms with van der Waals surface area (Å²) >= 11 is 0. The molecular formula is C13H16N2O2. The molecule has 0 radical (unpaired) electrons. The van der Waals surface area contributed by atoms with Gasteiger partial charge in [0.15, 0.2) is 11.5 Å². The van der Waals surface area contributed by atoms with Crippen LogP contribution in [0.2, 0.25) is 0 Å². The van der Waals surface area contributed by atoms with E-state index in [2.05, 4.69) is 4.98 Å². The minimum Gasteiger partial charge on any atom is -0.493 e. The maximum atomic E-state index is 5.76. The lowest BCUT2D eigenvalue weighted by Crippen LogP contribution is -2.01. The Morgan fingerprint density at radius 3 is 2.41 bits per heavy atom. The zero-order valence-corrected chi connectivity index (χ0v) is 9.99. The zero-order chi connectivity index (χ0) is 12.3. The molecule has 0 fully saturated rings. The van der Waals surface area contributed by atoms with Gasteiger partial charge < -0.3 is 20.2 Å². The van der Waals surface area contributed by atoms with Crippen LogP contribution in [0.25, 0.3) is 11.3 Å². The first-order valence-electron chi connectivity index (χ1n) is 5.39. The number of H-pyrrole nitrogens is 1. The van der Waals surface area contributed by atoms with Crippen molar-refractivity contribution in [3.63, 3.8) is 0 Å². The number of nitrogens with two attached hydrogens (primary N) is 1. The molecule has 4 nitrogen and oxygen atoms in total. The van der Waals surface area contributed by atoms with Crippen LogP contribution in [0.4, 0.5) is 0 Å². The summed E-state index contributed by atoms with van der Waals surface area (Å²) < 4.78 is 10.6. The molecule has 0 atom stereocenters. The summed E-state index contributed by atoms with van der Waals surface area (Å²) in [5.74, 6) is 1.40. The Morgan fingerprint density at radius 2 is 1.88 bits per heavy atom. The SMILES string of the molecule is COc1cc(CN)c(-c2ccc[nH]2)cc1OC. The highest BCUT2D eigenvalue weighted by atomic mass is 16.5. The number of hydrogen-bond acceptors (Lipinski definition) is 3. The van der Waals surface area contributed by atoms with Crippen LogP contribution >= 0.6 is 0 Å². The predicted molar refractivity (Wildman–Crippen MR) is 67.2 cm³/mol. The van der Waals surface area contributed by atoms with Crippen LogP contribution in [0.15, 0.2) is 30.5 Å². The van der Waals surface area contributed by atoms with Gasteiger partial charge in [0.05, 0.1) is 14.2 Å². The molecule has 0 unspecified atom stereocenters. The molecule has 1 aromatic heterocycles. The van der Waals surface area contributed by atoms with E-state index < -0.39 is 0 Å². The van der Waals surface area contributed by atoms with E-state index in [1.165, 1.54) is 0 Å². The summed E-state index contributed by atoms with van der Waals surface area (Å²) in [6, 6.07) is 7.80. The number of aromatic nitrogens is 1. The molecule has 0 bridgehead atoms. The van der Waals surface area contributed by atoms with Gasteiger partial charge in [-0.1, -0.05) is 0 Å². The van der Waals surface area contributed by atoms with E-state index in [1.54, 1.807) is 14.2 Å². The largest absolute Gasteiger partial charge is 0.493 e. The van der Waals surface area contributed by atoms with E-state index in [0.717, 1.165) is 16.8 Å². The molecular weight excluding hydrogens is 216 g/mol. The summed E-state index contributed by atoms with van der Waals surface area (Å²) in [5, 5.41) is 0. The normalized spacial score (nSPS) is 10.3. The van der Waals surface area contributed by atoms with Gasteiger partial charge in [0, 0.05) is 24.0 Å². The van der Waals surface area contributed by atoms with Crippen LogP contribution < -0.4 is 15.2 Å². The van der Waals surface area contributed by atoms with Crippen LogP contribution in [0.1, 0.15) is 5.56 Å². The highest BCUT2D eigenvalue weighted by molar-refractivity contribution is 5.68. The average molecular weight is 232 g/mol. The van der Waals surface area contributed by atoms with Crippen LogP contribution in [0.5, 0.6) is 11.5 Å². The van der Waals surface area contributed by atoms with E-state index in [-0.39, 0.29) is 0 Å². The minimum atomic E-state index is 0.453. The predicted octanol–water partition coefficient (Wildman–Crippen LogP) is 2.16. The standard InChI is InChI=1S/C13H16N2O2/c1-16-12-6-9(8-14)10(7-13(12)17-2)11-4-3-5-15-11/h3-7,15H,8,14H2,1-2H3. The molecule has 0 saturated carbocycles. The fraction of sp³-hybridized carbons (Fsp3) is 0.231. The van der Waals surface area contributed by atoms with Crippen molar-refractivity contribution in [2.75, 3.05) is 14.2 Å². The summed E-state index contributed by atoms with van der Waals surface area (Å²) in [6.07, 6.45) is 1.88. The topological polar surface area (TPSA) is 60.3 Å². The van der Waals surface area contributed by atoms with E-state index in [4.69, 9.17) is 15.2 Å². The number of nitrogens with one attached hydrogen (secondary N) is 1. The monoisotopic (exact) mass is 232 g/mol.